The molecule has 0 spiro atoms. The lowest BCUT2D eigenvalue weighted by molar-refractivity contribution is 0.341. The lowest BCUT2D eigenvalue weighted by atomic mass is 10.1. The number of likely N-dealkylation sites (N-methyl/N-ethyl adjacent to an activating group) is 2. The van der Waals surface area contributed by atoms with Crippen LogP contribution in [-0.2, 0) is 13.5 Å². The van der Waals surface area contributed by atoms with Gasteiger partial charge in [0.05, 0.1) is 23.6 Å². The summed E-state index contributed by atoms with van der Waals surface area (Å²) in [6.07, 6.45) is 1.65. The van der Waals surface area contributed by atoms with Crippen molar-refractivity contribution in [3.05, 3.63) is 34.2 Å². The van der Waals surface area contributed by atoms with E-state index in [0.29, 0.717) is 46.4 Å². The summed E-state index contributed by atoms with van der Waals surface area (Å²) in [5, 5.41) is 4.50. The molecule has 0 atom stereocenters. The SMILES string of the molecule is CCCc1nn(C)c2c(=O)[nH]c(-c3cc(N=C(N)N(C)CCN(C)C)ccc3OCC)nc12. The Morgan fingerprint density at radius 1 is 1.24 bits per heavy atom. The maximum absolute atomic E-state index is 12.9. The standard InChI is InChI=1S/C23H34N8O2/c1-7-9-17-19-20(31(6)28-17)22(32)27-21(26-19)16-14-15(10-11-18(16)33-8-2)25-23(24)30(5)13-12-29(3)4/h10-11,14H,7-9,12-13H2,1-6H3,(H2,24,25)(H,26,27,32). The summed E-state index contributed by atoms with van der Waals surface area (Å²) in [5.41, 5.74) is 9.14. The van der Waals surface area contributed by atoms with Gasteiger partial charge in [0.25, 0.3) is 5.56 Å². The molecule has 0 saturated carbocycles. The first-order valence-electron chi connectivity index (χ1n) is 11.2. The number of benzene rings is 1. The molecule has 3 aromatic rings. The minimum absolute atomic E-state index is 0.244. The topological polar surface area (TPSA) is 118 Å². The molecular formula is C23H34N8O2. The van der Waals surface area contributed by atoms with Crippen LogP contribution in [0.1, 0.15) is 26.0 Å². The van der Waals surface area contributed by atoms with Crippen molar-refractivity contribution in [1.29, 1.82) is 0 Å². The summed E-state index contributed by atoms with van der Waals surface area (Å²) in [6.45, 7) is 6.07. The normalized spacial score (nSPS) is 12.0. The maximum Gasteiger partial charge on any atom is 0.277 e. The number of aliphatic imine (C=N–C) groups is 1. The number of nitrogens with zero attached hydrogens (tertiary/aromatic N) is 6. The van der Waals surface area contributed by atoms with Crippen molar-refractivity contribution in [3.63, 3.8) is 0 Å². The van der Waals surface area contributed by atoms with Gasteiger partial charge in [-0.3, -0.25) is 9.48 Å². The Kier molecular flexibility index (Phi) is 7.70. The highest BCUT2D eigenvalue weighted by atomic mass is 16.5. The second kappa shape index (κ2) is 10.5. The molecule has 0 unspecified atom stereocenters. The number of hydrogen-bond donors (Lipinski definition) is 2. The average Bonchev–Trinajstić information content (AvgIpc) is 3.09. The molecule has 1 aromatic carbocycles. The number of aryl methyl sites for hydroxylation is 2. The van der Waals surface area contributed by atoms with E-state index in [4.69, 9.17) is 15.5 Å². The molecule has 0 radical (unpaired) electrons. The van der Waals surface area contributed by atoms with Crippen molar-refractivity contribution in [3.8, 4) is 17.1 Å². The van der Waals surface area contributed by atoms with Crippen LogP contribution in [0.15, 0.2) is 28.0 Å². The number of guanidine groups is 1. The molecule has 0 aliphatic carbocycles. The van der Waals surface area contributed by atoms with Gasteiger partial charge in [-0.25, -0.2) is 9.98 Å². The van der Waals surface area contributed by atoms with Gasteiger partial charge >= 0.3 is 0 Å². The number of aromatic amines is 1. The van der Waals surface area contributed by atoms with Crippen molar-refractivity contribution < 1.29 is 4.74 Å². The van der Waals surface area contributed by atoms with Crippen LogP contribution in [0.2, 0.25) is 0 Å². The molecule has 0 aliphatic rings. The van der Waals surface area contributed by atoms with E-state index >= 15 is 0 Å². The van der Waals surface area contributed by atoms with Crippen molar-refractivity contribution >= 4 is 22.7 Å². The van der Waals surface area contributed by atoms with Gasteiger partial charge in [0.2, 0.25) is 0 Å². The zero-order valence-electron chi connectivity index (χ0n) is 20.3. The van der Waals surface area contributed by atoms with Gasteiger partial charge in [-0.2, -0.15) is 5.10 Å². The second-order valence-electron chi connectivity index (χ2n) is 8.24. The smallest absolute Gasteiger partial charge is 0.277 e. The summed E-state index contributed by atoms with van der Waals surface area (Å²) in [6, 6.07) is 5.49. The molecular weight excluding hydrogens is 420 g/mol. The zero-order valence-corrected chi connectivity index (χ0v) is 20.3. The summed E-state index contributed by atoms with van der Waals surface area (Å²) in [4.78, 5) is 29.1. The van der Waals surface area contributed by atoms with E-state index in [0.717, 1.165) is 31.6 Å². The van der Waals surface area contributed by atoms with Gasteiger partial charge in [0, 0.05) is 27.2 Å². The summed E-state index contributed by atoms with van der Waals surface area (Å²) in [5.74, 6) is 1.43. The predicted octanol–water partition coefficient (Wildman–Crippen LogP) is 2.11. The number of ether oxygens (including phenoxy) is 1. The molecule has 0 amide bonds. The molecule has 3 N–H and O–H groups in total. The third kappa shape index (κ3) is 5.51. The number of fused-ring (bicyclic) bond motifs is 1. The first-order valence-corrected chi connectivity index (χ1v) is 11.2. The molecule has 0 fully saturated rings. The van der Waals surface area contributed by atoms with E-state index in [9.17, 15) is 4.79 Å². The Labute approximate surface area is 194 Å². The van der Waals surface area contributed by atoms with E-state index in [1.165, 1.54) is 0 Å². The molecule has 10 heteroatoms. The molecule has 10 nitrogen and oxygen atoms in total. The van der Waals surface area contributed by atoms with Gasteiger partial charge in [0.1, 0.15) is 17.1 Å². The van der Waals surface area contributed by atoms with Gasteiger partial charge < -0.3 is 25.3 Å². The van der Waals surface area contributed by atoms with E-state index in [1.54, 1.807) is 11.7 Å². The van der Waals surface area contributed by atoms with Crippen molar-refractivity contribution in [1.82, 2.24) is 29.5 Å². The number of H-pyrrole nitrogens is 1. The van der Waals surface area contributed by atoms with E-state index < -0.39 is 0 Å². The third-order valence-electron chi connectivity index (χ3n) is 5.28. The minimum Gasteiger partial charge on any atom is -0.493 e. The highest BCUT2D eigenvalue weighted by molar-refractivity contribution is 5.83. The molecule has 178 valence electrons. The van der Waals surface area contributed by atoms with Crippen LogP contribution in [-0.4, -0.2) is 76.3 Å². The molecule has 2 heterocycles. The Balaban J connectivity index is 2.08. The van der Waals surface area contributed by atoms with Gasteiger partial charge in [0.15, 0.2) is 11.5 Å². The average molecular weight is 455 g/mol. The fourth-order valence-corrected chi connectivity index (χ4v) is 3.52. The van der Waals surface area contributed by atoms with E-state index in [1.807, 2.05) is 51.2 Å². The Bertz CT molecular complexity index is 1200. The van der Waals surface area contributed by atoms with Crippen LogP contribution in [0.5, 0.6) is 5.75 Å². The monoisotopic (exact) mass is 454 g/mol. The number of aromatic nitrogens is 4. The Morgan fingerprint density at radius 3 is 2.67 bits per heavy atom. The fourth-order valence-electron chi connectivity index (χ4n) is 3.52. The number of nitrogens with one attached hydrogen (secondary N) is 1. The van der Waals surface area contributed by atoms with E-state index in [2.05, 4.69) is 26.9 Å². The molecule has 33 heavy (non-hydrogen) atoms. The Morgan fingerprint density at radius 2 is 2.00 bits per heavy atom. The maximum atomic E-state index is 12.9. The fraction of sp³-hybridized carbons (Fsp3) is 0.478. The molecule has 3 rings (SSSR count). The van der Waals surface area contributed by atoms with Crippen LogP contribution in [0.25, 0.3) is 22.4 Å². The lowest BCUT2D eigenvalue weighted by Crippen LogP contribution is -2.38. The Hall–Kier alpha value is -3.40. The van der Waals surface area contributed by atoms with Crippen LogP contribution in [0, 0.1) is 0 Å². The van der Waals surface area contributed by atoms with Gasteiger partial charge in [-0.05, 0) is 45.6 Å². The van der Waals surface area contributed by atoms with Crippen molar-refractivity contribution in [2.75, 3.05) is 40.8 Å². The number of rotatable bonds is 9. The van der Waals surface area contributed by atoms with Crippen LogP contribution in [0.3, 0.4) is 0 Å². The van der Waals surface area contributed by atoms with Gasteiger partial charge in [-0.1, -0.05) is 13.3 Å². The second-order valence-corrected chi connectivity index (χ2v) is 8.24. The first kappa shape index (κ1) is 24.2. The highest BCUT2D eigenvalue weighted by Crippen LogP contribution is 2.32. The summed E-state index contributed by atoms with van der Waals surface area (Å²) >= 11 is 0. The van der Waals surface area contributed by atoms with Crippen LogP contribution < -0.4 is 16.0 Å². The predicted molar refractivity (Wildman–Crippen MR) is 132 cm³/mol. The van der Waals surface area contributed by atoms with Crippen LogP contribution in [0.4, 0.5) is 5.69 Å². The number of hydrogen-bond acceptors (Lipinski definition) is 6. The first-order chi connectivity index (χ1) is 15.7. The largest absolute Gasteiger partial charge is 0.493 e. The highest BCUT2D eigenvalue weighted by Gasteiger charge is 2.18. The summed E-state index contributed by atoms with van der Waals surface area (Å²) in [7, 11) is 7.69. The third-order valence-corrected chi connectivity index (χ3v) is 5.28. The molecule has 0 saturated heterocycles. The van der Waals surface area contributed by atoms with E-state index in [-0.39, 0.29) is 5.56 Å². The molecule has 0 bridgehead atoms. The molecule has 0 aliphatic heterocycles. The number of nitrogens with two attached hydrogens (primary N) is 1. The molecule has 2 aromatic heterocycles. The zero-order chi connectivity index (χ0) is 24.1. The van der Waals surface area contributed by atoms with Gasteiger partial charge in [-0.15, -0.1) is 0 Å². The van der Waals surface area contributed by atoms with Crippen molar-refractivity contribution in [2.45, 2.75) is 26.7 Å². The van der Waals surface area contributed by atoms with Crippen LogP contribution >= 0.6 is 0 Å². The minimum atomic E-state index is -0.244. The summed E-state index contributed by atoms with van der Waals surface area (Å²) < 4.78 is 7.41. The quantitative estimate of drug-likeness (QED) is 0.376. The lowest BCUT2D eigenvalue weighted by Gasteiger charge is -2.20. The van der Waals surface area contributed by atoms with Crippen molar-refractivity contribution in [2.24, 2.45) is 17.8 Å².